The maximum atomic E-state index is 11.7. The zero-order valence-corrected chi connectivity index (χ0v) is 16.9. The highest BCUT2D eigenvalue weighted by molar-refractivity contribution is 5.83. The van der Waals surface area contributed by atoms with Crippen LogP contribution < -0.4 is 10.3 Å². The Hall–Kier alpha value is -3.60. The minimum absolute atomic E-state index is 0.556. The average Bonchev–Trinajstić information content (AvgIpc) is 2.70. The lowest BCUT2D eigenvalue weighted by molar-refractivity contribution is 0.0529. The van der Waals surface area contributed by atoms with Gasteiger partial charge in [-0.05, 0) is 62.7 Å². The van der Waals surface area contributed by atoms with Gasteiger partial charge in [0.2, 0.25) is 0 Å². The van der Waals surface area contributed by atoms with Crippen LogP contribution in [-0.4, -0.2) is 17.9 Å². The fraction of sp³-hybridized carbons (Fsp3) is 0.167. The van der Waals surface area contributed by atoms with Gasteiger partial charge < -0.3 is 9.64 Å². The number of hydrogen-bond donors (Lipinski definition) is 1. The van der Waals surface area contributed by atoms with E-state index in [1.165, 1.54) is 0 Å². The summed E-state index contributed by atoms with van der Waals surface area (Å²) in [6, 6.07) is 28.4. The Balaban J connectivity index is 1.76. The first-order valence-corrected chi connectivity index (χ1v) is 9.45. The Kier molecular flexibility index (Phi) is 6.29. The lowest BCUT2D eigenvalue weighted by Crippen LogP contribution is -2.29. The number of rotatable bonds is 5. The first-order valence-electron chi connectivity index (χ1n) is 9.45. The third-order valence-corrected chi connectivity index (χ3v) is 3.95. The summed E-state index contributed by atoms with van der Waals surface area (Å²) in [6.45, 7) is 5.42. The molecular formula is C24H25N3O2. The molecule has 0 unspecified atom stereocenters. The van der Waals surface area contributed by atoms with Crippen molar-refractivity contribution in [3.63, 3.8) is 0 Å². The number of carbonyl (C=O) groups excluding carboxylic acids is 1. The molecule has 0 fully saturated rings. The number of amides is 1. The van der Waals surface area contributed by atoms with Crippen LogP contribution in [0.5, 0.6) is 0 Å². The summed E-state index contributed by atoms with van der Waals surface area (Å²) in [6.07, 6.45) is 1.01. The molecule has 148 valence electrons. The number of anilines is 3. The number of para-hydroxylation sites is 2. The van der Waals surface area contributed by atoms with E-state index in [2.05, 4.69) is 39.7 Å². The van der Waals surface area contributed by atoms with E-state index < -0.39 is 11.7 Å². The molecule has 3 aromatic carbocycles. The van der Waals surface area contributed by atoms with Crippen LogP contribution >= 0.6 is 0 Å². The second kappa shape index (κ2) is 9.06. The Morgan fingerprint density at radius 1 is 0.828 bits per heavy atom. The molecule has 0 aliphatic heterocycles. The quantitative estimate of drug-likeness (QED) is 0.430. The van der Waals surface area contributed by atoms with Crippen LogP contribution in [0, 0.1) is 0 Å². The molecule has 0 saturated heterocycles. The van der Waals surface area contributed by atoms with Crippen LogP contribution in [0.2, 0.25) is 0 Å². The van der Waals surface area contributed by atoms with Gasteiger partial charge in [0, 0.05) is 17.1 Å². The van der Waals surface area contributed by atoms with E-state index in [4.69, 9.17) is 4.74 Å². The fourth-order valence-electron chi connectivity index (χ4n) is 2.77. The van der Waals surface area contributed by atoms with Gasteiger partial charge in [0.15, 0.2) is 0 Å². The van der Waals surface area contributed by atoms with E-state index >= 15 is 0 Å². The largest absolute Gasteiger partial charge is 0.443 e. The molecule has 0 atom stereocenters. The van der Waals surface area contributed by atoms with Crippen molar-refractivity contribution in [3.05, 3.63) is 90.5 Å². The van der Waals surface area contributed by atoms with Gasteiger partial charge >= 0.3 is 6.09 Å². The number of nitrogens with zero attached hydrogens (tertiary/aromatic N) is 2. The molecule has 0 saturated carbocycles. The molecule has 3 rings (SSSR count). The highest BCUT2D eigenvalue weighted by Gasteiger charge is 2.15. The molecule has 5 nitrogen and oxygen atoms in total. The van der Waals surface area contributed by atoms with Gasteiger partial charge in [-0.25, -0.2) is 10.2 Å². The monoisotopic (exact) mass is 387 g/mol. The molecule has 0 spiro atoms. The first kappa shape index (κ1) is 20.1. The molecule has 0 radical (unpaired) electrons. The van der Waals surface area contributed by atoms with Crippen molar-refractivity contribution in [1.29, 1.82) is 0 Å². The Morgan fingerprint density at radius 2 is 1.31 bits per heavy atom. The molecule has 1 N–H and O–H groups in total. The molecule has 0 aliphatic rings. The SMILES string of the molecule is CC(C)(C)OC(=O)N/N=C/c1ccc(N(c2ccccc2)c2ccccc2)cc1. The maximum absolute atomic E-state index is 11.7. The van der Waals surface area contributed by atoms with Crippen LogP contribution in [0.25, 0.3) is 0 Å². The summed E-state index contributed by atoms with van der Waals surface area (Å²) in [5.74, 6) is 0. The summed E-state index contributed by atoms with van der Waals surface area (Å²) < 4.78 is 5.15. The summed E-state index contributed by atoms with van der Waals surface area (Å²) in [5, 5.41) is 3.95. The summed E-state index contributed by atoms with van der Waals surface area (Å²) in [5.41, 5.74) is 5.86. The van der Waals surface area contributed by atoms with Gasteiger partial charge in [0.05, 0.1) is 6.21 Å². The zero-order valence-electron chi connectivity index (χ0n) is 16.9. The van der Waals surface area contributed by atoms with Crippen LogP contribution in [0.3, 0.4) is 0 Å². The molecular weight excluding hydrogens is 362 g/mol. The lowest BCUT2D eigenvalue weighted by atomic mass is 10.1. The molecule has 0 aliphatic carbocycles. The van der Waals surface area contributed by atoms with Crippen molar-refractivity contribution in [2.75, 3.05) is 4.90 Å². The second-order valence-corrected chi connectivity index (χ2v) is 7.47. The standard InChI is InChI=1S/C24H25N3O2/c1-24(2,3)29-23(28)26-25-18-19-14-16-22(17-15-19)27(20-10-6-4-7-11-20)21-12-8-5-9-13-21/h4-18H,1-3H3,(H,26,28)/b25-18+. The molecule has 3 aromatic rings. The highest BCUT2D eigenvalue weighted by Crippen LogP contribution is 2.33. The summed E-state index contributed by atoms with van der Waals surface area (Å²) in [7, 11) is 0. The van der Waals surface area contributed by atoms with E-state index in [-0.39, 0.29) is 0 Å². The second-order valence-electron chi connectivity index (χ2n) is 7.47. The van der Waals surface area contributed by atoms with E-state index in [1.807, 2.05) is 60.7 Å². The summed E-state index contributed by atoms with van der Waals surface area (Å²) in [4.78, 5) is 13.8. The van der Waals surface area contributed by atoms with Gasteiger partial charge in [0.25, 0.3) is 0 Å². The van der Waals surface area contributed by atoms with E-state index in [0.717, 1.165) is 22.6 Å². The predicted molar refractivity (Wildman–Crippen MR) is 118 cm³/mol. The van der Waals surface area contributed by atoms with Crippen molar-refractivity contribution in [3.8, 4) is 0 Å². The van der Waals surface area contributed by atoms with Crippen LogP contribution in [-0.2, 0) is 4.74 Å². The van der Waals surface area contributed by atoms with Crippen molar-refractivity contribution < 1.29 is 9.53 Å². The molecule has 1 amide bonds. The van der Waals surface area contributed by atoms with Gasteiger partial charge in [-0.3, -0.25) is 0 Å². The number of hydrogen-bond acceptors (Lipinski definition) is 4. The number of nitrogens with one attached hydrogen (secondary N) is 1. The summed E-state index contributed by atoms with van der Waals surface area (Å²) >= 11 is 0. The van der Waals surface area contributed by atoms with Crippen LogP contribution in [0.1, 0.15) is 26.3 Å². The van der Waals surface area contributed by atoms with Crippen molar-refractivity contribution in [2.24, 2.45) is 5.10 Å². The third-order valence-electron chi connectivity index (χ3n) is 3.95. The Bertz CT molecular complexity index is 907. The Labute approximate surface area is 171 Å². The predicted octanol–water partition coefficient (Wildman–Crippen LogP) is 6.02. The molecule has 0 heterocycles. The number of ether oxygens (including phenoxy) is 1. The Morgan fingerprint density at radius 3 is 1.79 bits per heavy atom. The van der Waals surface area contributed by atoms with Gasteiger partial charge in [-0.15, -0.1) is 0 Å². The number of benzene rings is 3. The van der Waals surface area contributed by atoms with Gasteiger partial charge in [-0.1, -0.05) is 48.5 Å². The van der Waals surface area contributed by atoms with Crippen molar-refractivity contribution in [1.82, 2.24) is 5.43 Å². The fourth-order valence-corrected chi connectivity index (χ4v) is 2.77. The normalized spacial score (nSPS) is 11.3. The van der Waals surface area contributed by atoms with Gasteiger partial charge in [-0.2, -0.15) is 5.10 Å². The third kappa shape index (κ3) is 5.94. The molecule has 5 heteroatoms. The maximum Gasteiger partial charge on any atom is 0.428 e. The molecule has 0 bridgehead atoms. The smallest absolute Gasteiger partial charge is 0.428 e. The zero-order chi connectivity index (χ0) is 20.7. The van der Waals surface area contributed by atoms with E-state index in [1.54, 1.807) is 27.0 Å². The molecule has 0 aromatic heterocycles. The highest BCUT2D eigenvalue weighted by atomic mass is 16.6. The lowest BCUT2D eigenvalue weighted by Gasteiger charge is -2.25. The average molecular weight is 387 g/mol. The van der Waals surface area contributed by atoms with Crippen LogP contribution in [0.15, 0.2) is 90.0 Å². The first-order chi connectivity index (χ1) is 13.9. The van der Waals surface area contributed by atoms with Crippen LogP contribution in [0.4, 0.5) is 21.9 Å². The minimum Gasteiger partial charge on any atom is -0.443 e. The molecule has 29 heavy (non-hydrogen) atoms. The number of hydrazone groups is 1. The van der Waals surface area contributed by atoms with Crippen molar-refractivity contribution >= 4 is 29.4 Å². The van der Waals surface area contributed by atoms with Gasteiger partial charge in [0.1, 0.15) is 5.60 Å². The van der Waals surface area contributed by atoms with E-state index in [0.29, 0.717) is 0 Å². The van der Waals surface area contributed by atoms with E-state index in [9.17, 15) is 4.79 Å². The van der Waals surface area contributed by atoms with Crippen molar-refractivity contribution in [2.45, 2.75) is 26.4 Å². The minimum atomic E-state index is -0.579. The topological polar surface area (TPSA) is 53.9 Å². The number of carbonyl (C=O) groups is 1.